The van der Waals surface area contributed by atoms with E-state index in [1.165, 1.54) is 0 Å². The average molecular weight is 302 g/mol. The third-order valence-electron chi connectivity index (χ3n) is 2.49. The molecule has 94 valence electrons. The molecule has 0 aliphatic carbocycles. The zero-order valence-electron chi connectivity index (χ0n) is 9.71. The fourth-order valence-electron chi connectivity index (χ4n) is 1.57. The second-order valence-corrected chi connectivity index (χ2v) is 4.98. The summed E-state index contributed by atoms with van der Waals surface area (Å²) in [7, 11) is 0. The molecule has 0 N–H and O–H groups in total. The van der Waals surface area contributed by atoms with Crippen LogP contribution < -0.4 is 4.74 Å². The van der Waals surface area contributed by atoms with Crippen LogP contribution in [0.3, 0.4) is 0 Å². The molecule has 0 fully saturated rings. The molecule has 2 rings (SSSR count). The van der Waals surface area contributed by atoms with Gasteiger partial charge in [-0.2, -0.15) is 0 Å². The predicted octanol–water partition coefficient (Wildman–Crippen LogP) is 5.83. The van der Waals surface area contributed by atoms with Gasteiger partial charge in [-0.05, 0) is 30.7 Å². The number of halogens is 3. The number of alkyl halides is 1. The standard InChI is InChI=1S/C14H11Cl3O/c1-9-5-6-11(16)13(7-9)18-14-10(8-15)3-2-4-12(14)17/h2-7H,8H2,1H3. The van der Waals surface area contributed by atoms with Crippen molar-refractivity contribution >= 4 is 34.8 Å². The van der Waals surface area contributed by atoms with Crippen molar-refractivity contribution in [3.63, 3.8) is 0 Å². The second kappa shape index (κ2) is 5.83. The molecular formula is C14H11Cl3O. The van der Waals surface area contributed by atoms with E-state index in [4.69, 9.17) is 39.5 Å². The van der Waals surface area contributed by atoms with Crippen molar-refractivity contribution in [2.24, 2.45) is 0 Å². The van der Waals surface area contributed by atoms with E-state index in [0.29, 0.717) is 27.4 Å². The molecule has 0 atom stereocenters. The van der Waals surface area contributed by atoms with Crippen molar-refractivity contribution in [2.45, 2.75) is 12.8 Å². The monoisotopic (exact) mass is 300 g/mol. The van der Waals surface area contributed by atoms with Crippen LogP contribution in [0.4, 0.5) is 0 Å². The number of rotatable bonds is 3. The van der Waals surface area contributed by atoms with Crippen molar-refractivity contribution in [3.8, 4) is 11.5 Å². The molecule has 0 saturated carbocycles. The Morgan fingerprint density at radius 2 is 1.83 bits per heavy atom. The van der Waals surface area contributed by atoms with Crippen LogP contribution in [0.25, 0.3) is 0 Å². The summed E-state index contributed by atoms with van der Waals surface area (Å²) in [4.78, 5) is 0. The zero-order chi connectivity index (χ0) is 13.1. The molecular weight excluding hydrogens is 291 g/mol. The maximum Gasteiger partial charge on any atom is 0.150 e. The highest BCUT2D eigenvalue weighted by Gasteiger charge is 2.11. The van der Waals surface area contributed by atoms with Gasteiger partial charge in [-0.25, -0.2) is 0 Å². The van der Waals surface area contributed by atoms with E-state index in [0.717, 1.165) is 11.1 Å². The van der Waals surface area contributed by atoms with Crippen molar-refractivity contribution in [1.82, 2.24) is 0 Å². The summed E-state index contributed by atoms with van der Waals surface area (Å²) in [6.07, 6.45) is 0. The number of hydrogen-bond donors (Lipinski definition) is 0. The van der Waals surface area contributed by atoms with E-state index in [1.807, 2.05) is 31.2 Å². The lowest BCUT2D eigenvalue weighted by molar-refractivity contribution is 0.478. The van der Waals surface area contributed by atoms with E-state index in [2.05, 4.69) is 0 Å². The molecule has 0 unspecified atom stereocenters. The van der Waals surface area contributed by atoms with Crippen molar-refractivity contribution in [2.75, 3.05) is 0 Å². The Morgan fingerprint density at radius 1 is 1.06 bits per heavy atom. The number of ether oxygens (including phenoxy) is 1. The molecule has 0 heterocycles. The molecule has 18 heavy (non-hydrogen) atoms. The minimum atomic E-state index is 0.333. The van der Waals surface area contributed by atoms with Gasteiger partial charge in [-0.15, -0.1) is 11.6 Å². The quantitative estimate of drug-likeness (QED) is 0.648. The van der Waals surface area contributed by atoms with Gasteiger partial charge in [-0.3, -0.25) is 0 Å². The van der Waals surface area contributed by atoms with Crippen LogP contribution in [0.5, 0.6) is 11.5 Å². The van der Waals surface area contributed by atoms with Gasteiger partial charge in [-0.1, -0.05) is 41.4 Å². The fraction of sp³-hybridized carbons (Fsp3) is 0.143. The first-order valence-corrected chi connectivity index (χ1v) is 6.68. The smallest absolute Gasteiger partial charge is 0.150 e. The van der Waals surface area contributed by atoms with Gasteiger partial charge in [0.25, 0.3) is 0 Å². The largest absolute Gasteiger partial charge is 0.454 e. The Hall–Kier alpha value is -0.890. The van der Waals surface area contributed by atoms with Crippen LogP contribution >= 0.6 is 34.8 Å². The molecule has 0 saturated heterocycles. The van der Waals surface area contributed by atoms with Crippen LogP contribution in [0.15, 0.2) is 36.4 Å². The SMILES string of the molecule is Cc1ccc(Cl)c(Oc2c(Cl)cccc2CCl)c1. The summed E-state index contributed by atoms with van der Waals surface area (Å²) < 4.78 is 5.79. The molecule has 0 aliphatic rings. The summed E-state index contributed by atoms with van der Waals surface area (Å²) in [6, 6.07) is 11.1. The minimum absolute atomic E-state index is 0.333. The highest BCUT2D eigenvalue weighted by atomic mass is 35.5. The van der Waals surface area contributed by atoms with E-state index >= 15 is 0 Å². The molecule has 4 heteroatoms. The van der Waals surface area contributed by atoms with Gasteiger partial charge in [0.15, 0.2) is 0 Å². The van der Waals surface area contributed by atoms with Crippen molar-refractivity contribution < 1.29 is 4.74 Å². The Balaban J connectivity index is 2.42. The molecule has 0 amide bonds. The van der Waals surface area contributed by atoms with E-state index in [-0.39, 0.29) is 0 Å². The topological polar surface area (TPSA) is 9.23 Å². The van der Waals surface area contributed by atoms with Gasteiger partial charge in [0, 0.05) is 5.56 Å². The highest BCUT2D eigenvalue weighted by molar-refractivity contribution is 6.33. The predicted molar refractivity (Wildman–Crippen MR) is 77.3 cm³/mol. The van der Waals surface area contributed by atoms with Gasteiger partial charge in [0.2, 0.25) is 0 Å². The summed E-state index contributed by atoms with van der Waals surface area (Å²) in [5.41, 5.74) is 1.90. The zero-order valence-corrected chi connectivity index (χ0v) is 12.0. The summed E-state index contributed by atoms with van der Waals surface area (Å²) in [6.45, 7) is 1.97. The van der Waals surface area contributed by atoms with Gasteiger partial charge in [0.05, 0.1) is 15.9 Å². The number of hydrogen-bond acceptors (Lipinski definition) is 1. The maximum absolute atomic E-state index is 6.12. The van der Waals surface area contributed by atoms with E-state index in [9.17, 15) is 0 Å². The summed E-state index contributed by atoms with van der Waals surface area (Å²) in [5.74, 6) is 1.47. The highest BCUT2D eigenvalue weighted by Crippen LogP contribution is 2.37. The first kappa shape index (κ1) is 13.5. The molecule has 0 aliphatic heterocycles. The average Bonchev–Trinajstić information content (AvgIpc) is 2.36. The van der Waals surface area contributed by atoms with Gasteiger partial charge in [0.1, 0.15) is 11.5 Å². The van der Waals surface area contributed by atoms with E-state index in [1.54, 1.807) is 12.1 Å². The Morgan fingerprint density at radius 3 is 2.56 bits per heavy atom. The lowest BCUT2D eigenvalue weighted by Gasteiger charge is -2.12. The lowest BCUT2D eigenvalue weighted by Crippen LogP contribution is -1.92. The first-order chi connectivity index (χ1) is 8.61. The number of aryl methyl sites for hydroxylation is 1. The molecule has 0 spiro atoms. The maximum atomic E-state index is 6.12. The minimum Gasteiger partial charge on any atom is -0.454 e. The fourth-order valence-corrected chi connectivity index (χ4v) is 2.17. The van der Waals surface area contributed by atoms with Crippen LogP contribution in [0, 0.1) is 6.92 Å². The van der Waals surface area contributed by atoms with E-state index < -0.39 is 0 Å². The Kier molecular flexibility index (Phi) is 4.39. The molecule has 0 bridgehead atoms. The van der Waals surface area contributed by atoms with Gasteiger partial charge < -0.3 is 4.74 Å². The lowest BCUT2D eigenvalue weighted by atomic mass is 10.2. The third-order valence-corrected chi connectivity index (χ3v) is 3.39. The molecule has 0 radical (unpaired) electrons. The normalized spacial score (nSPS) is 10.4. The van der Waals surface area contributed by atoms with Crippen LogP contribution in [0.1, 0.15) is 11.1 Å². The van der Waals surface area contributed by atoms with Crippen molar-refractivity contribution in [1.29, 1.82) is 0 Å². The molecule has 0 aromatic heterocycles. The Labute approximate surface area is 121 Å². The first-order valence-electron chi connectivity index (χ1n) is 5.39. The third kappa shape index (κ3) is 2.92. The van der Waals surface area contributed by atoms with Gasteiger partial charge >= 0.3 is 0 Å². The van der Waals surface area contributed by atoms with Crippen molar-refractivity contribution in [3.05, 3.63) is 57.6 Å². The molecule has 2 aromatic rings. The molecule has 1 nitrogen and oxygen atoms in total. The van der Waals surface area contributed by atoms with Crippen LogP contribution in [-0.2, 0) is 5.88 Å². The number of para-hydroxylation sites is 1. The summed E-state index contributed by atoms with van der Waals surface area (Å²) in [5, 5.41) is 1.06. The van der Waals surface area contributed by atoms with Crippen LogP contribution in [0.2, 0.25) is 10.0 Å². The Bertz CT molecular complexity index is 567. The summed E-state index contributed by atoms with van der Waals surface area (Å²) >= 11 is 18.1. The second-order valence-electron chi connectivity index (χ2n) is 3.90. The number of benzene rings is 2. The van der Waals surface area contributed by atoms with Crippen LogP contribution in [-0.4, -0.2) is 0 Å². The molecule has 2 aromatic carbocycles.